The van der Waals surface area contributed by atoms with Crippen molar-refractivity contribution in [2.75, 3.05) is 31.1 Å². The van der Waals surface area contributed by atoms with Crippen molar-refractivity contribution in [3.05, 3.63) is 77.6 Å². The van der Waals surface area contributed by atoms with Crippen molar-refractivity contribution in [2.45, 2.75) is 20.0 Å². The molecule has 1 aliphatic rings. The van der Waals surface area contributed by atoms with Gasteiger partial charge in [-0.3, -0.25) is 9.97 Å². The number of aliphatic hydroxyl groups is 1. The molecular weight excluding hydrogens is 384 g/mol. The van der Waals surface area contributed by atoms with Gasteiger partial charge in [-0.1, -0.05) is 36.4 Å². The van der Waals surface area contributed by atoms with Crippen molar-refractivity contribution >= 4 is 27.5 Å². The van der Waals surface area contributed by atoms with Crippen LogP contribution in [0, 0.1) is 19.8 Å². The van der Waals surface area contributed by atoms with E-state index in [0.717, 1.165) is 64.9 Å². The van der Waals surface area contributed by atoms with Crippen LogP contribution in [-0.2, 0) is 0 Å². The van der Waals surface area contributed by atoms with E-state index in [9.17, 15) is 5.11 Å². The highest BCUT2D eigenvalue weighted by molar-refractivity contribution is 5.92. The average molecular weight is 413 g/mol. The van der Waals surface area contributed by atoms with Gasteiger partial charge < -0.3 is 15.3 Å². The first kappa shape index (κ1) is 19.9. The van der Waals surface area contributed by atoms with Gasteiger partial charge in [0.2, 0.25) is 0 Å². The Labute approximate surface area is 182 Å². The molecule has 5 rings (SSSR count). The second-order valence-corrected chi connectivity index (χ2v) is 8.52. The van der Waals surface area contributed by atoms with E-state index in [2.05, 4.69) is 45.5 Å². The van der Waals surface area contributed by atoms with Gasteiger partial charge in [-0.15, -0.1) is 0 Å². The number of para-hydroxylation sites is 2. The Balaban J connectivity index is 1.52. The minimum atomic E-state index is -0.575. The fourth-order valence-electron chi connectivity index (χ4n) is 4.76. The lowest BCUT2D eigenvalue weighted by molar-refractivity contribution is 0.115. The molecule has 0 aliphatic carbocycles. The second kappa shape index (κ2) is 8.25. The summed E-state index contributed by atoms with van der Waals surface area (Å²) >= 11 is 0. The molecule has 2 unspecified atom stereocenters. The zero-order valence-corrected chi connectivity index (χ0v) is 18.0. The van der Waals surface area contributed by atoms with Gasteiger partial charge in [0.1, 0.15) is 0 Å². The topological polar surface area (TPSA) is 61.3 Å². The molecule has 158 valence electrons. The Bertz CT molecular complexity index is 1240. The Morgan fingerprint density at radius 2 is 1.58 bits per heavy atom. The number of rotatable bonds is 3. The fraction of sp³-hybridized carbons (Fsp3) is 0.308. The first-order valence-electron chi connectivity index (χ1n) is 11.0. The van der Waals surface area contributed by atoms with Crippen molar-refractivity contribution in [3.8, 4) is 0 Å². The summed E-state index contributed by atoms with van der Waals surface area (Å²) in [5.74, 6) is 0.0555. The van der Waals surface area contributed by atoms with Crippen LogP contribution >= 0.6 is 0 Å². The van der Waals surface area contributed by atoms with E-state index >= 15 is 0 Å². The monoisotopic (exact) mass is 412 g/mol. The number of aliphatic hydroxyl groups excluding tert-OH is 1. The summed E-state index contributed by atoms with van der Waals surface area (Å²) < 4.78 is 0. The molecule has 0 radical (unpaired) electrons. The molecule has 0 saturated carbocycles. The van der Waals surface area contributed by atoms with Gasteiger partial charge >= 0.3 is 0 Å². The third-order valence-corrected chi connectivity index (χ3v) is 6.22. The highest BCUT2D eigenvalue weighted by Crippen LogP contribution is 2.33. The molecular formula is C26H28N4O. The predicted octanol–water partition coefficient (Wildman–Crippen LogP) is 4.16. The number of nitrogens with zero attached hydrogens (tertiary/aromatic N) is 3. The van der Waals surface area contributed by atoms with Gasteiger partial charge in [-0.2, -0.15) is 0 Å². The van der Waals surface area contributed by atoms with Crippen LogP contribution < -0.4 is 10.2 Å². The summed E-state index contributed by atoms with van der Waals surface area (Å²) in [4.78, 5) is 11.8. The molecule has 0 spiro atoms. The molecule has 2 atom stereocenters. The molecule has 2 aromatic heterocycles. The quantitative estimate of drug-likeness (QED) is 0.529. The third-order valence-electron chi connectivity index (χ3n) is 6.22. The lowest BCUT2D eigenvalue weighted by atomic mass is 9.92. The van der Waals surface area contributed by atoms with E-state index in [4.69, 9.17) is 4.98 Å². The lowest BCUT2D eigenvalue weighted by Crippen LogP contribution is -2.33. The van der Waals surface area contributed by atoms with Crippen LogP contribution in [0.25, 0.3) is 21.8 Å². The first-order valence-corrected chi connectivity index (χ1v) is 11.0. The van der Waals surface area contributed by atoms with E-state index in [-0.39, 0.29) is 5.92 Å². The van der Waals surface area contributed by atoms with Crippen LogP contribution in [0.1, 0.15) is 23.1 Å². The molecule has 31 heavy (non-hydrogen) atoms. The number of aryl methyl sites for hydroxylation is 2. The zero-order chi connectivity index (χ0) is 21.4. The summed E-state index contributed by atoms with van der Waals surface area (Å²) in [5, 5.41) is 17.2. The SMILES string of the molecule is Cc1cc(C(O)C2CNCCN(c3cc(C)nc4ccccc34)C2)c2ccccc2n1. The number of benzene rings is 2. The average Bonchev–Trinajstić information content (AvgIpc) is 3.03. The van der Waals surface area contributed by atoms with Crippen molar-refractivity contribution < 1.29 is 5.11 Å². The largest absolute Gasteiger partial charge is 0.388 e. The smallest absolute Gasteiger partial charge is 0.0854 e. The van der Waals surface area contributed by atoms with Crippen molar-refractivity contribution in [3.63, 3.8) is 0 Å². The highest BCUT2D eigenvalue weighted by Gasteiger charge is 2.28. The van der Waals surface area contributed by atoms with Gasteiger partial charge in [0.25, 0.3) is 0 Å². The molecule has 0 amide bonds. The maximum atomic E-state index is 11.5. The van der Waals surface area contributed by atoms with E-state index in [1.807, 2.05) is 44.2 Å². The normalized spacial score (nSPS) is 18.3. The summed E-state index contributed by atoms with van der Waals surface area (Å²) in [6.07, 6.45) is -0.575. The number of hydrogen-bond acceptors (Lipinski definition) is 5. The van der Waals surface area contributed by atoms with Gasteiger partial charge in [-0.25, -0.2) is 0 Å². The van der Waals surface area contributed by atoms with E-state index in [1.54, 1.807) is 0 Å². The molecule has 5 nitrogen and oxygen atoms in total. The second-order valence-electron chi connectivity index (χ2n) is 8.52. The number of anilines is 1. The predicted molar refractivity (Wildman–Crippen MR) is 126 cm³/mol. The van der Waals surface area contributed by atoms with Crippen LogP contribution in [0.15, 0.2) is 60.7 Å². The first-order chi connectivity index (χ1) is 15.1. The molecule has 0 bridgehead atoms. The molecule has 1 saturated heterocycles. The standard InChI is InChI=1S/C26H28N4O/c1-17-13-22(20-7-3-5-9-23(20)28-17)26(31)19-15-27-11-12-30(16-19)25-14-18(2)29-24-10-6-4-8-21(24)25/h3-10,13-14,19,26-27,31H,11-12,15-16H2,1-2H3. The van der Waals surface area contributed by atoms with Crippen molar-refractivity contribution in [2.24, 2.45) is 5.92 Å². The Morgan fingerprint density at radius 1 is 0.935 bits per heavy atom. The minimum absolute atomic E-state index is 0.0555. The van der Waals surface area contributed by atoms with Gasteiger partial charge in [0.15, 0.2) is 0 Å². The minimum Gasteiger partial charge on any atom is -0.388 e. The number of hydrogen-bond donors (Lipinski definition) is 2. The van der Waals surface area contributed by atoms with Crippen LogP contribution in [0.5, 0.6) is 0 Å². The van der Waals surface area contributed by atoms with Crippen molar-refractivity contribution in [1.82, 2.24) is 15.3 Å². The van der Waals surface area contributed by atoms with E-state index < -0.39 is 6.10 Å². The lowest BCUT2D eigenvalue weighted by Gasteiger charge is -2.30. The third kappa shape index (κ3) is 3.87. The molecule has 3 heterocycles. The number of fused-ring (bicyclic) bond motifs is 2. The van der Waals surface area contributed by atoms with Crippen LogP contribution in [0.4, 0.5) is 5.69 Å². The molecule has 2 N–H and O–H groups in total. The highest BCUT2D eigenvalue weighted by atomic mass is 16.3. The maximum Gasteiger partial charge on any atom is 0.0854 e. The summed E-state index contributed by atoms with van der Waals surface area (Å²) in [5.41, 5.74) is 6.06. The Morgan fingerprint density at radius 3 is 2.35 bits per heavy atom. The number of aromatic nitrogens is 2. The molecule has 2 aromatic carbocycles. The summed E-state index contributed by atoms with van der Waals surface area (Å²) in [6, 6.07) is 20.6. The van der Waals surface area contributed by atoms with E-state index in [0.29, 0.717) is 0 Å². The van der Waals surface area contributed by atoms with Gasteiger partial charge in [-0.05, 0) is 43.7 Å². The van der Waals surface area contributed by atoms with Crippen molar-refractivity contribution in [1.29, 1.82) is 0 Å². The molecule has 1 fully saturated rings. The fourth-order valence-corrected chi connectivity index (χ4v) is 4.76. The zero-order valence-electron chi connectivity index (χ0n) is 18.0. The maximum absolute atomic E-state index is 11.5. The van der Waals surface area contributed by atoms with E-state index in [1.165, 1.54) is 5.69 Å². The summed E-state index contributed by atoms with van der Waals surface area (Å²) in [7, 11) is 0. The molecule has 4 aromatic rings. The van der Waals surface area contributed by atoms with Crippen LogP contribution in [0.3, 0.4) is 0 Å². The van der Waals surface area contributed by atoms with Crippen LogP contribution in [0.2, 0.25) is 0 Å². The van der Waals surface area contributed by atoms with Gasteiger partial charge in [0.05, 0.1) is 17.1 Å². The van der Waals surface area contributed by atoms with Gasteiger partial charge in [0, 0.05) is 59.9 Å². The van der Waals surface area contributed by atoms with Crippen LogP contribution in [-0.4, -0.2) is 41.3 Å². The number of pyridine rings is 2. The molecule has 1 aliphatic heterocycles. The Kier molecular flexibility index (Phi) is 5.30. The summed E-state index contributed by atoms with van der Waals surface area (Å²) in [6.45, 7) is 7.37. The number of nitrogens with one attached hydrogen (secondary N) is 1. The molecule has 5 heteroatoms. The Hall–Kier alpha value is -3.02.